The smallest absolute Gasteiger partial charge is 0.305 e. The van der Waals surface area contributed by atoms with Gasteiger partial charge >= 0.3 is 5.97 Å². The van der Waals surface area contributed by atoms with Crippen LogP contribution >= 0.6 is 0 Å². The van der Waals surface area contributed by atoms with E-state index in [4.69, 9.17) is 4.74 Å². The summed E-state index contributed by atoms with van der Waals surface area (Å²) in [4.78, 5) is 24.4. The van der Waals surface area contributed by atoms with Gasteiger partial charge in [-0.1, -0.05) is 217 Å². The van der Waals surface area contributed by atoms with Crippen molar-refractivity contribution in [2.75, 3.05) is 13.2 Å². The number of unbranched alkanes of at least 4 members (excludes halogenated alkanes) is 31. The third-order valence-corrected chi connectivity index (χ3v) is 11.8. The summed E-state index contributed by atoms with van der Waals surface area (Å²) in [5.74, 6) is -0.159. The molecule has 0 spiro atoms. The van der Waals surface area contributed by atoms with Crippen molar-refractivity contribution in [3.05, 3.63) is 48.6 Å². The van der Waals surface area contributed by atoms with Crippen molar-refractivity contribution in [1.29, 1.82) is 0 Å². The first-order valence-corrected chi connectivity index (χ1v) is 26.4. The molecule has 1 amide bonds. The van der Waals surface area contributed by atoms with Gasteiger partial charge in [-0.2, -0.15) is 0 Å². The summed E-state index contributed by atoms with van der Waals surface area (Å²) in [5, 5.41) is 23.1. The number of esters is 1. The lowest BCUT2D eigenvalue weighted by molar-refractivity contribution is -0.143. The monoisotopic (exact) mass is 856 g/mol. The third kappa shape index (κ3) is 47.1. The first-order chi connectivity index (χ1) is 30.0. The largest absolute Gasteiger partial charge is 0.466 e. The highest BCUT2D eigenvalue weighted by atomic mass is 16.5. The highest BCUT2D eigenvalue weighted by Gasteiger charge is 2.18. The number of hydrogen-bond acceptors (Lipinski definition) is 5. The molecule has 0 saturated carbocycles. The summed E-state index contributed by atoms with van der Waals surface area (Å²) in [7, 11) is 0. The van der Waals surface area contributed by atoms with E-state index in [1.54, 1.807) is 6.08 Å². The molecule has 2 atom stereocenters. The second-order valence-corrected chi connectivity index (χ2v) is 17.8. The van der Waals surface area contributed by atoms with Crippen LogP contribution in [0.25, 0.3) is 0 Å². The van der Waals surface area contributed by atoms with Crippen LogP contribution in [0.2, 0.25) is 0 Å². The minimum Gasteiger partial charge on any atom is -0.466 e. The molecule has 0 heterocycles. The van der Waals surface area contributed by atoms with Crippen LogP contribution < -0.4 is 5.32 Å². The van der Waals surface area contributed by atoms with Crippen LogP contribution in [0.1, 0.15) is 264 Å². The molecular formula is C55H101NO5. The van der Waals surface area contributed by atoms with Crippen molar-refractivity contribution in [2.24, 2.45) is 0 Å². The highest BCUT2D eigenvalue weighted by molar-refractivity contribution is 5.76. The van der Waals surface area contributed by atoms with E-state index in [0.29, 0.717) is 19.4 Å². The molecule has 0 aliphatic carbocycles. The molecule has 0 bridgehead atoms. The molecule has 0 aromatic carbocycles. The summed E-state index contributed by atoms with van der Waals surface area (Å²) in [6, 6.07) is -0.656. The minimum atomic E-state index is -0.868. The molecule has 6 nitrogen and oxygen atoms in total. The molecule has 0 aromatic rings. The fraction of sp³-hybridized carbons (Fsp3) is 0.818. The number of aliphatic hydroxyl groups is 2. The second kappa shape index (κ2) is 50.5. The second-order valence-electron chi connectivity index (χ2n) is 17.8. The van der Waals surface area contributed by atoms with Crippen LogP contribution in [0.4, 0.5) is 0 Å². The van der Waals surface area contributed by atoms with E-state index >= 15 is 0 Å². The Balaban J connectivity index is 3.58. The summed E-state index contributed by atoms with van der Waals surface area (Å²) >= 11 is 0. The van der Waals surface area contributed by atoms with Crippen molar-refractivity contribution in [1.82, 2.24) is 5.32 Å². The number of allylic oxidation sites excluding steroid dienone is 7. The number of carbonyl (C=O) groups excluding carboxylic acids is 2. The van der Waals surface area contributed by atoms with Gasteiger partial charge < -0.3 is 20.3 Å². The molecule has 0 aliphatic rings. The van der Waals surface area contributed by atoms with E-state index in [1.165, 1.54) is 148 Å². The number of aliphatic hydroxyl groups excluding tert-OH is 2. The Kier molecular flexibility index (Phi) is 48.7. The third-order valence-electron chi connectivity index (χ3n) is 11.8. The molecule has 356 valence electrons. The molecule has 0 fully saturated rings. The molecular weight excluding hydrogens is 755 g/mol. The lowest BCUT2D eigenvalue weighted by Crippen LogP contribution is -2.45. The van der Waals surface area contributed by atoms with Crippen molar-refractivity contribution in [3.63, 3.8) is 0 Å². The van der Waals surface area contributed by atoms with Gasteiger partial charge in [-0.25, -0.2) is 0 Å². The fourth-order valence-electron chi connectivity index (χ4n) is 7.72. The maximum absolute atomic E-state index is 12.4. The Labute approximate surface area is 378 Å². The molecule has 3 N–H and O–H groups in total. The maximum atomic E-state index is 12.4. The van der Waals surface area contributed by atoms with Gasteiger partial charge in [0.15, 0.2) is 0 Å². The summed E-state index contributed by atoms with van der Waals surface area (Å²) in [6.07, 6.45) is 62.6. The van der Waals surface area contributed by atoms with E-state index in [1.807, 2.05) is 6.08 Å². The van der Waals surface area contributed by atoms with E-state index in [2.05, 4.69) is 55.6 Å². The number of rotatable bonds is 48. The number of ether oxygens (including phenoxy) is 1. The van der Waals surface area contributed by atoms with Crippen molar-refractivity contribution >= 4 is 11.9 Å². The molecule has 6 heteroatoms. The minimum absolute atomic E-state index is 0.0542. The number of amides is 1. The van der Waals surface area contributed by atoms with Crippen molar-refractivity contribution in [2.45, 2.75) is 276 Å². The molecule has 0 radical (unpaired) electrons. The van der Waals surface area contributed by atoms with Crippen LogP contribution in [-0.2, 0) is 14.3 Å². The topological polar surface area (TPSA) is 95.9 Å². The first-order valence-electron chi connectivity index (χ1n) is 26.4. The quantitative estimate of drug-likeness (QED) is 0.0322. The van der Waals surface area contributed by atoms with Gasteiger partial charge in [0.05, 0.1) is 25.4 Å². The van der Waals surface area contributed by atoms with Gasteiger partial charge in [-0.3, -0.25) is 9.59 Å². The Morgan fingerprint density at radius 2 is 0.852 bits per heavy atom. The lowest BCUT2D eigenvalue weighted by atomic mass is 10.0. The van der Waals surface area contributed by atoms with Crippen LogP contribution in [-0.4, -0.2) is 47.4 Å². The lowest BCUT2D eigenvalue weighted by Gasteiger charge is -2.20. The van der Waals surface area contributed by atoms with E-state index in [-0.39, 0.29) is 18.5 Å². The van der Waals surface area contributed by atoms with Crippen LogP contribution in [0.15, 0.2) is 48.6 Å². The van der Waals surface area contributed by atoms with Gasteiger partial charge in [0.25, 0.3) is 0 Å². The summed E-state index contributed by atoms with van der Waals surface area (Å²) in [6.45, 7) is 4.74. The highest BCUT2D eigenvalue weighted by Crippen LogP contribution is 2.16. The molecule has 0 aliphatic heterocycles. The van der Waals surface area contributed by atoms with Crippen LogP contribution in [0.3, 0.4) is 0 Å². The van der Waals surface area contributed by atoms with Gasteiger partial charge in [0.1, 0.15) is 0 Å². The fourth-order valence-corrected chi connectivity index (χ4v) is 7.72. The van der Waals surface area contributed by atoms with E-state index in [0.717, 1.165) is 89.9 Å². The predicted octanol–water partition coefficient (Wildman–Crippen LogP) is 15.8. The standard InChI is InChI=1S/C55H101NO5/c1-3-5-7-9-11-13-15-17-18-19-20-21-22-23-24-26-27-31-35-39-43-47-53(58)52(51-57)56-54(59)48-44-40-36-32-29-30-34-38-42-46-50-61-55(60)49-45-41-37-33-28-25-16-14-12-10-8-6-4-2/h8,10,14,16,30,34,43,47,52-53,57-58H,3-7,9,11-13,15,17-29,31-33,35-42,44-46,48-51H2,1-2H3,(H,56,59)/b10-8-,16-14-,34-30-,47-43+. The van der Waals surface area contributed by atoms with Crippen molar-refractivity contribution < 1.29 is 24.5 Å². The van der Waals surface area contributed by atoms with Gasteiger partial charge in [0.2, 0.25) is 5.91 Å². The van der Waals surface area contributed by atoms with E-state index in [9.17, 15) is 19.8 Å². The Bertz CT molecular complexity index is 1040. The van der Waals surface area contributed by atoms with Gasteiger partial charge in [-0.05, 0) is 83.5 Å². The number of hydrogen-bond donors (Lipinski definition) is 3. The van der Waals surface area contributed by atoms with Gasteiger partial charge in [0, 0.05) is 12.8 Å². The Morgan fingerprint density at radius 1 is 0.459 bits per heavy atom. The zero-order valence-electron chi connectivity index (χ0n) is 40.4. The SMILES string of the molecule is CCC/C=C\C/C=C\CCCCCCCC(=O)OCCCC/C=C\CCCCCCC(=O)NC(CO)C(O)/C=C/CCCCCCCCCCCCCCCCCCCCC. The zero-order chi connectivity index (χ0) is 44.4. The predicted molar refractivity (Wildman–Crippen MR) is 264 cm³/mol. The van der Waals surface area contributed by atoms with Crippen LogP contribution in [0.5, 0.6) is 0 Å². The normalized spacial score (nSPS) is 13.0. The number of nitrogens with one attached hydrogen (secondary N) is 1. The average Bonchev–Trinajstić information content (AvgIpc) is 3.26. The molecule has 2 unspecified atom stereocenters. The van der Waals surface area contributed by atoms with E-state index < -0.39 is 12.1 Å². The molecule has 0 aromatic heterocycles. The molecule has 0 rings (SSSR count). The Morgan fingerprint density at radius 3 is 1.33 bits per heavy atom. The summed E-state index contributed by atoms with van der Waals surface area (Å²) < 4.78 is 5.41. The maximum Gasteiger partial charge on any atom is 0.305 e. The summed E-state index contributed by atoms with van der Waals surface area (Å²) in [5.41, 5.74) is 0. The van der Waals surface area contributed by atoms with Crippen molar-refractivity contribution in [3.8, 4) is 0 Å². The first kappa shape index (κ1) is 58.8. The zero-order valence-corrected chi connectivity index (χ0v) is 40.4. The van der Waals surface area contributed by atoms with Gasteiger partial charge in [-0.15, -0.1) is 0 Å². The average molecular weight is 856 g/mol. The molecule has 61 heavy (non-hydrogen) atoms. The molecule has 0 saturated heterocycles. The number of carbonyl (C=O) groups is 2. The Hall–Kier alpha value is -2.18. The van der Waals surface area contributed by atoms with Crippen LogP contribution in [0, 0.1) is 0 Å².